The third kappa shape index (κ3) is 3.23. The maximum Gasteiger partial charge on any atom is 0.354 e. The molecule has 142 valence electrons. The minimum absolute atomic E-state index is 0.0577. The number of methoxy groups -OCH3 is 1. The summed E-state index contributed by atoms with van der Waals surface area (Å²) in [5, 5.41) is 0.887. The Morgan fingerprint density at radius 3 is 2.71 bits per heavy atom. The van der Waals surface area contributed by atoms with Crippen LogP contribution in [0.25, 0.3) is 22.0 Å². The molecule has 1 aliphatic rings. The van der Waals surface area contributed by atoms with Gasteiger partial charge < -0.3 is 19.2 Å². The van der Waals surface area contributed by atoms with E-state index in [-0.39, 0.29) is 17.9 Å². The van der Waals surface area contributed by atoms with Crippen molar-refractivity contribution >= 4 is 28.5 Å². The number of aromatic nitrogens is 1. The molecular weight excluding hydrogens is 382 g/mol. The van der Waals surface area contributed by atoms with Crippen molar-refractivity contribution < 1.29 is 19.0 Å². The van der Waals surface area contributed by atoms with E-state index in [4.69, 9.17) is 25.8 Å². The number of carbonyl (C=O) groups excluding carboxylic acids is 1. The summed E-state index contributed by atoms with van der Waals surface area (Å²) in [6.07, 6.45) is 1.82. The molecule has 1 N–H and O–H groups in total. The monoisotopic (exact) mass is 397 g/mol. The number of carbonyl (C=O) groups is 1. The van der Waals surface area contributed by atoms with Crippen molar-refractivity contribution in [3.8, 4) is 11.1 Å². The molecule has 0 fully saturated rings. The first-order valence-corrected chi connectivity index (χ1v) is 8.92. The van der Waals surface area contributed by atoms with Crippen LogP contribution < -0.4 is 5.43 Å². The smallest absolute Gasteiger partial charge is 0.354 e. The number of pyridine rings is 1. The average molecular weight is 398 g/mol. The van der Waals surface area contributed by atoms with Crippen LogP contribution in [-0.4, -0.2) is 24.9 Å². The lowest BCUT2D eigenvalue weighted by Crippen LogP contribution is -2.13. The van der Waals surface area contributed by atoms with Gasteiger partial charge in [0.25, 0.3) is 0 Å². The molecular formula is C21H16ClNO5. The zero-order chi connectivity index (χ0) is 19.7. The number of hydrogen-bond acceptors (Lipinski definition) is 5. The van der Waals surface area contributed by atoms with Gasteiger partial charge in [0, 0.05) is 29.0 Å². The van der Waals surface area contributed by atoms with Crippen molar-refractivity contribution in [1.29, 1.82) is 0 Å². The highest BCUT2D eigenvalue weighted by Crippen LogP contribution is 2.36. The van der Waals surface area contributed by atoms with Crippen molar-refractivity contribution in [2.45, 2.75) is 6.42 Å². The molecule has 2 aromatic carbocycles. The molecule has 0 atom stereocenters. The second-order valence-electron chi connectivity index (χ2n) is 6.23. The highest BCUT2D eigenvalue weighted by atomic mass is 35.5. The Labute approximate surface area is 165 Å². The molecule has 0 saturated heterocycles. The van der Waals surface area contributed by atoms with Gasteiger partial charge in [0.2, 0.25) is 6.79 Å². The minimum atomic E-state index is -0.632. The van der Waals surface area contributed by atoms with Crippen LogP contribution in [0.1, 0.15) is 16.1 Å². The highest BCUT2D eigenvalue weighted by Gasteiger charge is 2.20. The lowest BCUT2D eigenvalue weighted by molar-refractivity contribution is 0.0594. The number of halogens is 1. The van der Waals surface area contributed by atoms with Crippen LogP contribution in [0.5, 0.6) is 0 Å². The van der Waals surface area contributed by atoms with Gasteiger partial charge in [-0.05, 0) is 11.6 Å². The maximum absolute atomic E-state index is 12.8. The molecule has 28 heavy (non-hydrogen) atoms. The predicted molar refractivity (Wildman–Crippen MR) is 105 cm³/mol. The van der Waals surface area contributed by atoms with Gasteiger partial charge in [-0.1, -0.05) is 41.9 Å². The molecule has 3 aromatic rings. The lowest BCUT2D eigenvalue weighted by atomic mass is 9.97. The number of fused-ring (bicyclic) bond motifs is 1. The maximum atomic E-state index is 12.8. The number of hydrogen-bond donors (Lipinski definition) is 1. The molecule has 0 aliphatic carbocycles. The van der Waals surface area contributed by atoms with Crippen LogP contribution in [0.3, 0.4) is 0 Å². The van der Waals surface area contributed by atoms with Crippen molar-refractivity contribution in [3.05, 3.63) is 81.0 Å². The van der Waals surface area contributed by atoms with Gasteiger partial charge in [0.05, 0.1) is 17.6 Å². The number of aromatic amines is 1. The van der Waals surface area contributed by atoms with E-state index in [2.05, 4.69) is 4.98 Å². The Balaban J connectivity index is 2.01. The van der Waals surface area contributed by atoms with Crippen LogP contribution in [-0.2, 0) is 20.6 Å². The fraction of sp³-hybridized carbons (Fsp3) is 0.143. The minimum Gasteiger partial charge on any atom is -0.464 e. The molecule has 0 unspecified atom stereocenters. The Kier molecular flexibility index (Phi) is 4.79. The number of benzene rings is 2. The summed E-state index contributed by atoms with van der Waals surface area (Å²) in [7, 11) is 1.26. The van der Waals surface area contributed by atoms with Gasteiger partial charge in [0.15, 0.2) is 5.43 Å². The first-order chi connectivity index (χ1) is 13.6. The van der Waals surface area contributed by atoms with E-state index in [0.29, 0.717) is 33.7 Å². The van der Waals surface area contributed by atoms with Crippen LogP contribution >= 0.6 is 11.6 Å². The van der Waals surface area contributed by atoms with Crippen LogP contribution in [0.4, 0.5) is 0 Å². The van der Waals surface area contributed by atoms with Gasteiger partial charge in [-0.2, -0.15) is 0 Å². The highest BCUT2D eigenvalue weighted by molar-refractivity contribution is 6.35. The molecule has 2 heterocycles. The first-order valence-electron chi connectivity index (χ1n) is 8.54. The molecule has 1 aromatic heterocycles. The number of ether oxygens (including phenoxy) is 3. The molecule has 0 saturated carbocycles. The van der Waals surface area contributed by atoms with E-state index in [0.717, 1.165) is 11.1 Å². The third-order valence-corrected chi connectivity index (χ3v) is 4.96. The van der Waals surface area contributed by atoms with E-state index in [1.54, 1.807) is 6.07 Å². The molecule has 0 spiro atoms. The summed E-state index contributed by atoms with van der Waals surface area (Å²) in [6.45, 7) is 0.132. The molecule has 4 rings (SSSR count). The van der Waals surface area contributed by atoms with E-state index in [9.17, 15) is 9.59 Å². The zero-order valence-corrected chi connectivity index (χ0v) is 15.7. The summed E-state index contributed by atoms with van der Waals surface area (Å²) in [5.41, 5.74) is 2.46. The standard InChI is InChI=1S/C21H16ClNO5/c1-26-21(25)17-9-18(24)15-8-14(12-5-3-2-4-6-12)19(22)16(20(15)23-17)7-13-10-27-11-28-13/h2-6,8-10H,7,11H2,1H3,(H,23,24). The summed E-state index contributed by atoms with van der Waals surface area (Å²) < 4.78 is 15.3. The number of rotatable bonds is 4. The Morgan fingerprint density at radius 2 is 2.04 bits per heavy atom. The molecule has 6 nitrogen and oxygen atoms in total. The van der Waals surface area contributed by atoms with Gasteiger partial charge >= 0.3 is 5.97 Å². The largest absolute Gasteiger partial charge is 0.464 e. The van der Waals surface area contributed by atoms with Crippen molar-refractivity contribution in [1.82, 2.24) is 4.98 Å². The quantitative estimate of drug-likeness (QED) is 0.673. The molecule has 0 bridgehead atoms. The first kappa shape index (κ1) is 18.1. The average Bonchev–Trinajstić information content (AvgIpc) is 3.23. The van der Waals surface area contributed by atoms with E-state index in [1.807, 2.05) is 30.3 Å². The van der Waals surface area contributed by atoms with Crippen LogP contribution in [0.2, 0.25) is 5.02 Å². The zero-order valence-electron chi connectivity index (χ0n) is 15.0. The van der Waals surface area contributed by atoms with Gasteiger partial charge in [-0.3, -0.25) is 4.79 Å². The normalized spacial score (nSPS) is 13.0. The lowest BCUT2D eigenvalue weighted by Gasteiger charge is -2.15. The van der Waals surface area contributed by atoms with Crippen molar-refractivity contribution in [2.75, 3.05) is 13.9 Å². The SMILES string of the molecule is COC(=O)c1cc(=O)c2cc(-c3ccccc3)c(Cl)c(CC3=COCO3)c2[nH]1. The van der Waals surface area contributed by atoms with Crippen LogP contribution in [0.15, 0.2) is 59.3 Å². The number of nitrogens with one attached hydrogen (secondary N) is 1. The molecule has 0 amide bonds. The van der Waals surface area contributed by atoms with Crippen LogP contribution in [0, 0.1) is 0 Å². The van der Waals surface area contributed by atoms with Crippen molar-refractivity contribution in [2.24, 2.45) is 0 Å². The van der Waals surface area contributed by atoms with Crippen molar-refractivity contribution in [3.63, 3.8) is 0 Å². The van der Waals surface area contributed by atoms with Gasteiger partial charge in [-0.15, -0.1) is 0 Å². The van der Waals surface area contributed by atoms with Gasteiger partial charge in [-0.25, -0.2) is 4.79 Å². The summed E-state index contributed by atoms with van der Waals surface area (Å²) in [5.74, 6) is -0.0504. The fourth-order valence-corrected chi connectivity index (χ4v) is 3.51. The number of esters is 1. The van der Waals surface area contributed by atoms with Gasteiger partial charge in [0.1, 0.15) is 17.7 Å². The van der Waals surface area contributed by atoms with E-state index < -0.39 is 5.97 Å². The van der Waals surface area contributed by atoms with E-state index >= 15 is 0 Å². The summed E-state index contributed by atoms with van der Waals surface area (Å²) in [4.78, 5) is 27.7. The Morgan fingerprint density at radius 1 is 1.25 bits per heavy atom. The Hall–Kier alpha value is -3.25. The predicted octanol–water partition coefficient (Wildman–Crippen LogP) is 4.02. The Bertz CT molecular complexity index is 1150. The second-order valence-corrected chi connectivity index (χ2v) is 6.61. The summed E-state index contributed by atoms with van der Waals surface area (Å²) >= 11 is 6.76. The second kappa shape index (κ2) is 7.40. The fourth-order valence-electron chi connectivity index (χ4n) is 3.18. The third-order valence-electron chi connectivity index (χ3n) is 4.53. The van der Waals surface area contributed by atoms with E-state index in [1.165, 1.54) is 19.4 Å². The molecule has 1 aliphatic heterocycles. The number of allylic oxidation sites excluding steroid dienone is 1. The molecule has 7 heteroatoms. The molecule has 0 radical (unpaired) electrons. The topological polar surface area (TPSA) is 77.6 Å². The summed E-state index contributed by atoms with van der Waals surface area (Å²) in [6, 6.07) is 12.5. The number of H-pyrrole nitrogens is 1.